The largest absolute Gasteiger partial charge is 0.417 e. The summed E-state index contributed by atoms with van der Waals surface area (Å²) < 4.78 is 53.1. The van der Waals surface area contributed by atoms with Gasteiger partial charge >= 0.3 is 6.18 Å². The van der Waals surface area contributed by atoms with Gasteiger partial charge in [0.2, 0.25) is 0 Å². The van der Waals surface area contributed by atoms with E-state index in [0.29, 0.717) is 38.0 Å². The molecule has 2 spiro atoms. The molecule has 8 heteroatoms. The number of nitriles is 1. The number of hydrogen-bond donors (Lipinski definition) is 1. The summed E-state index contributed by atoms with van der Waals surface area (Å²) in [5.41, 5.74) is 3.00. The van der Waals surface area contributed by atoms with Crippen molar-refractivity contribution in [1.29, 1.82) is 5.26 Å². The minimum Gasteiger partial charge on any atom is -0.388 e. The van der Waals surface area contributed by atoms with Crippen LogP contribution in [0.2, 0.25) is 0 Å². The first-order valence-electron chi connectivity index (χ1n) is 13.2. The molecular weight excluding hydrogens is 481 g/mol. The number of fused-ring (bicyclic) bond motifs is 4. The quantitative estimate of drug-likeness (QED) is 0.506. The molecule has 2 aliphatic heterocycles. The lowest BCUT2D eigenvalue weighted by molar-refractivity contribution is -0.138. The van der Waals surface area contributed by atoms with E-state index < -0.39 is 35.1 Å². The molecular formula is C29H31F3N2O3. The first-order valence-corrected chi connectivity index (χ1v) is 13.2. The van der Waals surface area contributed by atoms with Crippen LogP contribution in [-0.4, -0.2) is 23.3 Å². The van der Waals surface area contributed by atoms with Gasteiger partial charge in [0.05, 0.1) is 28.9 Å². The van der Waals surface area contributed by atoms with Gasteiger partial charge in [0.15, 0.2) is 0 Å². The number of halogens is 3. The number of rotatable bonds is 2. The van der Waals surface area contributed by atoms with Crippen LogP contribution in [0.4, 0.5) is 13.2 Å². The Bertz CT molecular complexity index is 1290. The summed E-state index contributed by atoms with van der Waals surface area (Å²) in [4.78, 5) is 5.15. The lowest BCUT2D eigenvalue weighted by Gasteiger charge is -2.48. The lowest BCUT2D eigenvalue weighted by atomic mass is 9.58. The predicted molar refractivity (Wildman–Crippen MR) is 129 cm³/mol. The zero-order valence-electron chi connectivity index (χ0n) is 21.1. The van der Waals surface area contributed by atoms with Crippen LogP contribution in [0.1, 0.15) is 115 Å². The van der Waals surface area contributed by atoms with E-state index in [1.165, 1.54) is 18.6 Å². The fourth-order valence-corrected chi connectivity index (χ4v) is 7.08. The number of pyridine rings is 1. The molecule has 6 rings (SSSR count). The minimum absolute atomic E-state index is 0.0430. The van der Waals surface area contributed by atoms with Crippen LogP contribution in [0.15, 0.2) is 18.2 Å². The van der Waals surface area contributed by atoms with Gasteiger partial charge in [0.25, 0.3) is 0 Å². The second-order valence-corrected chi connectivity index (χ2v) is 11.6. The van der Waals surface area contributed by atoms with Crippen molar-refractivity contribution in [2.75, 3.05) is 13.2 Å². The van der Waals surface area contributed by atoms with Crippen LogP contribution < -0.4 is 0 Å². The first kappa shape index (κ1) is 24.8. The van der Waals surface area contributed by atoms with E-state index >= 15 is 0 Å². The van der Waals surface area contributed by atoms with Gasteiger partial charge in [0, 0.05) is 48.6 Å². The normalized spacial score (nSPS) is 25.6. The van der Waals surface area contributed by atoms with E-state index in [0.717, 1.165) is 53.4 Å². The number of alkyl halides is 3. The second-order valence-electron chi connectivity index (χ2n) is 11.6. The number of aliphatic hydroxyl groups excluding tert-OH is 1. The van der Waals surface area contributed by atoms with Crippen molar-refractivity contribution in [3.63, 3.8) is 0 Å². The van der Waals surface area contributed by atoms with Crippen molar-refractivity contribution in [2.45, 2.75) is 88.7 Å². The van der Waals surface area contributed by atoms with Crippen LogP contribution in [-0.2, 0) is 27.7 Å². The van der Waals surface area contributed by atoms with Crippen molar-refractivity contribution in [1.82, 2.24) is 4.98 Å². The van der Waals surface area contributed by atoms with Crippen molar-refractivity contribution in [3.05, 3.63) is 63.0 Å². The zero-order valence-corrected chi connectivity index (χ0v) is 21.1. The van der Waals surface area contributed by atoms with E-state index in [-0.39, 0.29) is 11.3 Å². The number of hydrogen-bond acceptors (Lipinski definition) is 5. The molecule has 37 heavy (non-hydrogen) atoms. The highest BCUT2D eigenvalue weighted by molar-refractivity contribution is 5.55. The predicted octanol–water partition coefficient (Wildman–Crippen LogP) is 6.37. The van der Waals surface area contributed by atoms with Crippen LogP contribution >= 0.6 is 0 Å². The monoisotopic (exact) mass is 512 g/mol. The fraction of sp³-hybridized carbons (Fsp3) is 0.586. The van der Waals surface area contributed by atoms with Crippen molar-refractivity contribution in [2.24, 2.45) is 5.41 Å². The lowest BCUT2D eigenvalue weighted by Crippen LogP contribution is -2.40. The third-order valence-electron chi connectivity index (χ3n) is 8.98. The maximum absolute atomic E-state index is 13.5. The number of aliphatic hydroxyl groups is 1. The number of aromatic nitrogens is 1. The highest BCUT2D eigenvalue weighted by atomic mass is 19.4. The summed E-state index contributed by atoms with van der Waals surface area (Å²) in [6.07, 6.45) is 0.132. The standard InChI is InChI=1S/C29H31F3N2O3/c1-16(2)25-23-24(22-20(34-25)13-27(6-3-7-27)14-21(22)35)28(8-10-36-11-9-28)37-26(23)17-4-5-19(29(30,31)32)18(12-17)15-33/h4-5,12,16,21,26,35H,3,6-11,13-14H2,1-2H3/t21?,26-/m1/s1. The maximum Gasteiger partial charge on any atom is 0.417 e. The smallest absolute Gasteiger partial charge is 0.388 e. The van der Waals surface area contributed by atoms with Crippen LogP contribution in [0.5, 0.6) is 0 Å². The highest BCUT2D eigenvalue weighted by Crippen LogP contribution is 2.60. The Hall–Kier alpha value is -2.47. The van der Waals surface area contributed by atoms with Crippen LogP contribution in [0, 0.1) is 16.7 Å². The topological polar surface area (TPSA) is 75.4 Å². The molecule has 0 bridgehead atoms. The Morgan fingerprint density at radius 3 is 2.46 bits per heavy atom. The summed E-state index contributed by atoms with van der Waals surface area (Å²) >= 11 is 0. The number of ether oxygens (including phenoxy) is 2. The van der Waals surface area contributed by atoms with Gasteiger partial charge in [0.1, 0.15) is 6.10 Å². The third kappa shape index (κ3) is 3.81. The van der Waals surface area contributed by atoms with Crippen molar-refractivity contribution < 1.29 is 27.8 Å². The van der Waals surface area contributed by atoms with Gasteiger partial charge in [-0.25, -0.2) is 0 Å². The molecule has 1 aromatic heterocycles. The van der Waals surface area contributed by atoms with Gasteiger partial charge < -0.3 is 14.6 Å². The van der Waals surface area contributed by atoms with Crippen LogP contribution in [0.25, 0.3) is 0 Å². The molecule has 2 fully saturated rings. The van der Waals surface area contributed by atoms with Gasteiger partial charge in [-0.05, 0) is 60.3 Å². The number of benzene rings is 1. The Morgan fingerprint density at radius 1 is 1.14 bits per heavy atom. The van der Waals surface area contributed by atoms with Crippen molar-refractivity contribution >= 4 is 0 Å². The van der Waals surface area contributed by atoms with Gasteiger partial charge in [-0.3, -0.25) is 4.98 Å². The zero-order chi connectivity index (χ0) is 26.2. The summed E-state index contributed by atoms with van der Waals surface area (Å²) in [5, 5.41) is 21.1. The average Bonchev–Trinajstić information content (AvgIpc) is 3.15. The average molecular weight is 513 g/mol. The molecule has 4 aliphatic rings. The van der Waals surface area contributed by atoms with E-state index in [1.54, 1.807) is 6.07 Å². The Labute approximate surface area is 214 Å². The molecule has 1 N–H and O–H groups in total. The van der Waals surface area contributed by atoms with Gasteiger partial charge in [-0.15, -0.1) is 0 Å². The summed E-state index contributed by atoms with van der Waals surface area (Å²) in [7, 11) is 0. The highest BCUT2D eigenvalue weighted by Gasteiger charge is 2.54. The van der Waals surface area contributed by atoms with E-state index in [2.05, 4.69) is 13.8 Å². The maximum atomic E-state index is 13.5. The second kappa shape index (κ2) is 8.52. The van der Waals surface area contributed by atoms with E-state index in [1.807, 2.05) is 0 Å². The molecule has 3 heterocycles. The SMILES string of the molecule is CC(C)c1nc2c(c3c1[C@@H](c1ccc(C(F)(F)F)c(C#N)c1)OC31CCOCC1)C(O)CC1(CCC1)C2. The summed E-state index contributed by atoms with van der Waals surface area (Å²) in [6.45, 7) is 5.12. The Balaban J connectivity index is 1.58. The van der Waals surface area contributed by atoms with Crippen molar-refractivity contribution in [3.8, 4) is 6.07 Å². The molecule has 196 valence electrons. The molecule has 0 amide bonds. The summed E-state index contributed by atoms with van der Waals surface area (Å²) in [6, 6.07) is 5.42. The minimum atomic E-state index is -4.62. The molecule has 1 saturated carbocycles. The van der Waals surface area contributed by atoms with Gasteiger partial charge in [-0.1, -0.05) is 26.3 Å². The van der Waals surface area contributed by atoms with Gasteiger partial charge in [-0.2, -0.15) is 18.4 Å². The molecule has 2 atom stereocenters. The summed E-state index contributed by atoms with van der Waals surface area (Å²) in [5.74, 6) is 0.0430. The molecule has 1 saturated heterocycles. The Morgan fingerprint density at radius 2 is 1.86 bits per heavy atom. The van der Waals surface area contributed by atoms with E-state index in [4.69, 9.17) is 14.5 Å². The molecule has 0 radical (unpaired) electrons. The molecule has 1 aromatic carbocycles. The third-order valence-corrected chi connectivity index (χ3v) is 8.98. The molecule has 1 unspecified atom stereocenters. The Kier molecular flexibility index (Phi) is 5.72. The molecule has 5 nitrogen and oxygen atoms in total. The fourth-order valence-electron chi connectivity index (χ4n) is 7.08. The van der Waals surface area contributed by atoms with Crippen LogP contribution in [0.3, 0.4) is 0 Å². The first-order chi connectivity index (χ1) is 17.6. The molecule has 2 aliphatic carbocycles. The number of nitrogens with zero attached hydrogens (tertiary/aromatic N) is 2. The van der Waals surface area contributed by atoms with E-state index in [9.17, 15) is 23.5 Å². The molecule has 2 aromatic rings.